The van der Waals surface area contributed by atoms with Crippen molar-refractivity contribution >= 4 is 39.9 Å². The predicted octanol–water partition coefficient (Wildman–Crippen LogP) is 5.08. The van der Waals surface area contributed by atoms with E-state index < -0.39 is 0 Å². The molecule has 0 aromatic heterocycles. The molecule has 0 fully saturated rings. The highest BCUT2D eigenvalue weighted by atomic mass is 35.5. The lowest BCUT2D eigenvalue weighted by Crippen LogP contribution is -2.22. The molecule has 0 saturated heterocycles. The first kappa shape index (κ1) is 14.9. The van der Waals surface area contributed by atoms with E-state index in [1.54, 1.807) is 12.1 Å². The molecule has 4 heteroatoms. The molecule has 0 aliphatic rings. The van der Waals surface area contributed by atoms with Crippen molar-refractivity contribution in [1.29, 1.82) is 0 Å². The molecule has 3 rings (SSSR count). The Hall–Kier alpha value is -2.03. The lowest BCUT2D eigenvalue weighted by atomic mass is 10.1. The van der Waals surface area contributed by atoms with E-state index >= 15 is 0 Å². The molecule has 0 spiro atoms. The van der Waals surface area contributed by atoms with Crippen LogP contribution in [0.15, 0.2) is 60.7 Å². The molecule has 1 amide bonds. The fraction of sp³-hybridized carbons (Fsp3) is 0.0556. The van der Waals surface area contributed by atoms with Crippen molar-refractivity contribution < 1.29 is 4.79 Å². The SMILES string of the molecule is O=C(NCc1ccc(Cl)cc1Cl)c1ccc2ccccc2c1. The zero-order valence-corrected chi connectivity index (χ0v) is 13.2. The highest BCUT2D eigenvalue weighted by molar-refractivity contribution is 6.35. The first-order valence-electron chi connectivity index (χ1n) is 6.84. The van der Waals surface area contributed by atoms with Crippen LogP contribution in [0.3, 0.4) is 0 Å². The summed E-state index contributed by atoms with van der Waals surface area (Å²) in [6.07, 6.45) is 0. The number of halogens is 2. The van der Waals surface area contributed by atoms with Crippen LogP contribution in [0.25, 0.3) is 10.8 Å². The number of amides is 1. The zero-order chi connectivity index (χ0) is 15.5. The Morgan fingerprint density at radius 1 is 0.909 bits per heavy atom. The molecule has 2 nitrogen and oxygen atoms in total. The van der Waals surface area contributed by atoms with Crippen molar-refractivity contribution in [3.05, 3.63) is 81.8 Å². The Bertz CT molecular complexity index is 845. The molecule has 22 heavy (non-hydrogen) atoms. The molecule has 0 unspecified atom stereocenters. The maximum absolute atomic E-state index is 12.3. The fourth-order valence-electron chi connectivity index (χ4n) is 2.27. The maximum Gasteiger partial charge on any atom is 0.251 e. The Balaban J connectivity index is 1.75. The van der Waals surface area contributed by atoms with E-state index in [0.717, 1.165) is 16.3 Å². The van der Waals surface area contributed by atoms with Gasteiger partial charge in [0.25, 0.3) is 5.91 Å². The summed E-state index contributed by atoms with van der Waals surface area (Å²) in [7, 11) is 0. The number of rotatable bonds is 3. The number of carbonyl (C=O) groups excluding carboxylic acids is 1. The minimum Gasteiger partial charge on any atom is -0.348 e. The first-order valence-corrected chi connectivity index (χ1v) is 7.60. The van der Waals surface area contributed by atoms with Crippen LogP contribution < -0.4 is 5.32 Å². The van der Waals surface area contributed by atoms with Crippen LogP contribution in [-0.2, 0) is 6.54 Å². The second-order valence-corrected chi connectivity index (χ2v) is 5.82. The number of benzene rings is 3. The number of carbonyl (C=O) groups is 1. The van der Waals surface area contributed by atoms with Crippen molar-refractivity contribution in [1.82, 2.24) is 5.32 Å². The quantitative estimate of drug-likeness (QED) is 0.713. The van der Waals surface area contributed by atoms with Crippen molar-refractivity contribution in [3.8, 4) is 0 Å². The maximum atomic E-state index is 12.3. The van der Waals surface area contributed by atoms with E-state index in [1.807, 2.05) is 48.5 Å². The van der Waals surface area contributed by atoms with Gasteiger partial charge >= 0.3 is 0 Å². The summed E-state index contributed by atoms with van der Waals surface area (Å²) in [4.78, 5) is 12.3. The van der Waals surface area contributed by atoms with Gasteiger partial charge in [0.15, 0.2) is 0 Å². The van der Waals surface area contributed by atoms with Crippen molar-refractivity contribution in [2.45, 2.75) is 6.54 Å². The van der Waals surface area contributed by atoms with Crippen LogP contribution in [0, 0.1) is 0 Å². The minimum absolute atomic E-state index is 0.128. The third kappa shape index (κ3) is 3.24. The second-order valence-electron chi connectivity index (χ2n) is 4.98. The van der Waals surface area contributed by atoms with Gasteiger partial charge in [-0.25, -0.2) is 0 Å². The van der Waals surface area contributed by atoms with Crippen LogP contribution in [0.5, 0.6) is 0 Å². The molecular formula is C18H13Cl2NO. The zero-order valence-electron chi connectivity index (χ0n) is 11.6. The van der Waals surface area contributed by atoms with E-state index in [4.69, 9.17) is 23.2 Å². The van der Waals surface area contributed by atoms with Gasteiger partial charge in [-0.05, 0) is 40.6 Å². The summed E-state index contributed by atoms with van der Waals surface area (Å²) < 4.78 is 0. The normalized spacial score (nSPS) is 10.6. The topological polar surface area (TPSA) is 29.1 Å². The van der Waals surface area contributed by atoms with Crippen molar-refractivity contribution in [3.63, 3.8) is 0 Å². The van der Waals surface area contributed by atoms with E-state index in [2.05, 4.69) is 5.32 Å². The molecule has 0 bridgehead atoms. The summed E-state index contributed by atoms with van der Waals surface area (Å²) in [5.74, 6) is -0.128. The highest BCUT2D eigenvalue weighted by Crippen LogP contribution is 2.21. The van der Waals surface area contributed by atoms with Gasteiger partial charge in [-0.15, -0.1) is 0 Å². The third-order valence-electron chi connectivity index (χ3n) is 3.47. The molecular weight excluding hydrogens is 317 g/mol. The summed E-state index contributed by atoms with van der Waals surface area (Å²) in [5, 5.41) is 6.15. The number of nitrogens with one attached hydrogen (secondary N) is 1. The summed E-state index contributed by atoms with van der Waals surface area (Å²) in [6, 6.07) is 18.8. The molecule has 1 N–H and O–H groups in total. The van der Waals surface area contributed by atoms with Crippen LogP contribution in [0.1, 0.15) is 15.9 Å². The van der Waals surface area contributed by atoms with Crippen LogP contribution in [0.4, 0.5) is 0 Å². The average molecular weight is 330 g/mol. The summed E-state index contributed by atoms with van der Waals surface area (Å²) in [6.45, 7) is 0.363. The Morgan fingerprint density at radius 2 is 1.68 bits per heavy atom. The molecule has 110 valence electrons. The third-order valence-corrected chi connectivity index (χ3v) is 4.05. The number of hydrogen-bond donors (Lipinski definition) is 1. The largest absolute Gasteiger partial charge is 0.348 e. The van der Waals surface area contributed by atoms with Crippen molar-refractivity contribution in [2.75, 3.05) is 0 Å². The van der Waals surface area contributed by atoms with Gasteiger partial charge in [0.2, 0.25) is 0 Å². The van der Waals surface area contributed by atoms with Gasteiger partial charge in [-0.2, -0.15) is 0 Å². The molecule has 0 heterocycles. The first-order chi connectivity index (χ1) is 10.6. The van der Waals surface area contributed by atoms with E-state index in [-0.39, 0.29) is 5.91 Å². The highest BCUT2D eigenvalue weighted by Gasteiger charge is 2.08. The molecule has 0 radical (unpaired) electrons. The standard InChI is InChI=1S/C18H13Cl2NO/c19-16-8-7-15(17(20)10-16)11-21-18(22)14-6-5-12-3-1-2-4-13(12)9-14/h1-10H,11H2,(H,21,22). The molecule has 3 aromatic rings. The van der Waals surface area contributed by atoms with E-state index in [9.17, 15) is 4.79 Å². The van der Waals surface area contributed by atoms with Gasteiger partial charge in [0.05, 0.1) is 0 Å². The lowest BCUT2D eigenvalue weighted by molar-refractivity contribution is 0.0951. The summed E-state index contributed by atoms with van der Waals surface area (Å²) >= 11 is 12.0. The number of hydrogen-bond acceptors (Lipinski definition) is 1. The summed E-state index contributed by atoms with van der Waals surface area (Å²) in [5.41, 5.74) is 1.46. The smallest absolute Gasteiger partial charge is 0.251 e. The van der Waals surface area contributed by atoms with Gasteiger partial charge in [0.1, 0.15) is 0 Å². The second kappa shape index (κ2) is 6.39. The van der Waals surface area contributed by atoms with E-state index in [0.29, 0.717) is 22.2 Å². The fourth-order valence-corrected chi connectivity index (χ4v) is 2.75. The van der Waals surface area contributed by atoms with Crippen LogP contribution >= 0.6 is 23.2 Å². The van der Waals surface area contributed by atoms with Crippen molar-refractivity contribution in [2.24, 2.45) is 0 Å². The molecule has 3 aromatic carbocycles. The average Bonchev–Trinajstić information content (AvgIpc) is 2.53. The van der Waals surface area contributed by atoms with Gasteiger partial charge in [-0.1, -0.05) is 59.6 Å². The minimum atomic E-state index is -0.128. The van der Waals surface area contributed by atoms with E-state index in [1.165, 1.54) is 0 Å². The monoisotopic (exact) mass is 329 g/mol. The molecule has 0 atom stereocenters. The van der Waals surface area contributed by atoms with Gasteiger partial charge in [0, 0.05) is 22.2 Å². The Labute approximate surface area is 138 Å². The molecule has 0 saturated carbocycles. The Morgan fingerprint density at radius 3 is 2.45 bits per heavy atom. The van der Waals surface area contributed by atoms with Crippen LogP contribution in [-0.4, -0.2) is 5.91 Å². The molecule has 0 aliphatic carbocycles. The number of fused-ring (bicyclic) bond motifs is 1. The van der Waals surface area contributed by atoms with Gasteiger partial charge in [-0.3, -0.25) is 4.79 Å². The predicted molar refractivity (Wildman–Crippen MR) is 91.6 cm³/mol. The molecule has 0 aliphatic heterocycles. The van der Waals surface area contributed by atoms with Crippen LogP contribution in [0.2, 0.25) is 10.0 Å². The Kier molecular flexibility index (Phi) is 4.32. The lowest BCUT2D eigenvalue weighted by Gasteiger charge is -2.08. The van der Waals surface area contributed by atoms with Gasteiger partial charge < -0.3 is 5.32 Å².